The molecular formula is C17H18N2O3. The molecule has 0 unspecified atom stereocenters. The molecule has 0 aliphatic rings. The van der Waals surface area contributed by atoms with E-state index in [1.807, 2.05) is 25.1 Å². The Bertz CT molecular complexity index is 674. The van der Waals surface area contributed by atoms with Crippen LogP contribution in [0.5, 0.6) is 11.5 Å². The molecule has 0 saturated heterocycles. The van der Waals surface area contributed by atoms with Crippen LogP contribution in [0.1, 0.15) is 11.1 Å². The van der Waals surface area contributed by atoms with Gasteiger partial charge in [-0.25, -0.2) is 4.98 Å². The predicted molar refractivity (Wildman–Crippen MR) is 86.2 cm³/mol. The van der Waals surface area contributed by atoms with Crippen LogP contribution in [-0.2, 0) is 4.79 Å². The molecule has 1 N–H and O–H groups in total. The predicted octanol–water partition coefficient (Wildman–Crippen LogP) is 3.06. The Labute approximate surface area is 129 Å². The summed E-state index contributed by atoms with van der Waals surface area (Å²) in [7, 11) is 3.16. The van der Waals surface area contributed by atoms with Crippen molar-refractivity contribution in [2.45, 2.75) is 6.92 Å². The molecule has 0 fully saturated rings. The molecule has 0 bridgehead atoms. The lowest BCUT2D eigenvalue weighted by molar-refractivity contribution is -0.111. The summed E-state index contributed by atoms with van der Waals surface area (Å²) >= 11 is 0. The fourth-order valence-corrected chi connectivity index (χ4v) is 1.87. The number of pyridine rings is 1. The Morgan fingerprint density at radius 3 is 2.41 bits per heavy atom. The summed E-state index contributed by atoms with van der Waals surface area (Å²) in [6, 6.07) is 9.08. The number of carbonyl (C=O) groups excluding carboxylic acids is 1. The highest BCUT2D eigenvalue weighted by Gasteiger charge is 2.02. The molecule has 22 heavy (non-hydrogen) atoms. The van der Waals surface area contributed by atoms with Crippen LogP contribution in [0.4, 0.5) is 5.82 Å². The van der Waals surface area contributed by atoms with Crippen molar-refractivity contribution in [1.82, 2.24) is 4.98 Å². The van der Waals surface area contributed by atoms with E-state index in [1.54, 1.807) is 38.6 Å². The van der Waals surface area contributed by atoms with E-state index >= 15 is 0 Å². The van der Waals surface area contributed by atoms with Crippen LogP contribution >= 0.6 is 0 Å². The molecule has 114 valence electrons. The van der Waals surface area contributed by atoms with Crippen LogP contribution in [0.3, 0.4) is 0 Å². The highest BCUT2D eigenvalue weighted by atomic mass is 16.5. The quantitative estimate of drug-likeness (QED) is 0.862. The van der Waals surface area contributed by atoms with Crippen LogP contribution in [0.25, 0.3) is 6.08 Å². The lowest BCUT2D eigenvalue weighted by atomic mass is 10.2. The van der Waals surface area contributed by atoms with Crippen molar-refractivity contribution in [3.8, 4) is 11.5 Å². The van der Waals surface area contributed by atoms with Crippen molar-refractivity contribution >= 4 is 17.8 Å². The van der Waals surface area contributed by atoms with Gasteiger partial charge in [0.1, 0.15) is 17.3 Å². The van der Waals surface area contributed by atoms with Gasteiger partial charge in [-0.15, -0.1) is 0 Å². The fraction of sp³-hybridized carbons (Fsp3) is 0.176. The zero-order chi connectivity index (χ0) is 15.9. The van der Waals surface area contributed by atoms with Crippen LogP contribution in [0.2, 0.25) is 0 Å². The molecule has 1 aromatic carbocycles. The minimum atomic E-state index is -0.250. The van der Waals surface area contributed by atoms with E-state index in [4.69, 9.17) is 9.47 Å². The monoisotopic (exact) mass is 298 g/mol. The standard InChI is InChI=1S/C17H18N2O3/c1-12-6-7-18-16(8-12)19-17(20)5-4-13-9-14(21-2)11-15(10-13)22-3/h4-11H,1-3H3,(H,18,19,20)/b5-4+. The summed E-state index contributed by atoms with van der Waals surface area (Å²) < 4.78 is 10.4. The van der Waals surface area contributed by atoms with Crippen LogP contribution < -0.4 is 14.8 Å². The first-order valence-electron chi connectivity index (χ1n) is 6.75. The van der Waals surface area contributed by atoms with Crippen LogP contribution in [0.15, 0.2) is 42.6 Å². The average Bonchev–Trinajstić information content (AvgIpc) is 2.52. The summed E-state index contributed by atoms with van der Waals surface area (Å²) in [6.07, 6.45) is 4.79. The van der Waals surface area contributed by atoms with Gasteiger partial charge < -0.3 is 14.8 Å². The molecule has 2 aromatic rings. The highest BCUT2D eigenvalue weighted by Crippen LogP contribution is 2.23. The molecule has 5 heteroatoms. The third-order valence-corrected chi connectivity index (χ3v) is 2.97. The number of nitrogens with one attached hydrogen (secondary N) is 1. The molecule has 0 atom stereocenters. The van der Waals surface area contributed by atoms with Crippen molar-refractivity contribution in [2.24, 2.45) is 0 Å². The molecule has 5 nitrogen and oxygen atoms in total. The molecule has 0 radical (unpaired) electrons. The number of methoxy groups -OCH3 is 2. The first-order valence-corrected chi connectivity index (χ1v) is 6.75. The van der Waals surface area contributed by atoms with Gasteiger partial charge in [0, 0.05) is 18.3 Å². The lowest BCUT2D eigenvalue weighted by Crippen LogP contribution is -2.09. The topological polar surface area (TPSA) is 60.5 Å². The van der Waals surface area contributed by atoms with E-state index in [0.29, 0.717) is 17.3 Å². The van der Waals surface area contributed by atoms with Crippen LogP contribution in [-0.4, -0.2) is 25.1 Å². The van der Waals surface area contributed by atoms with E-state index in [2.05, 4.69) is 10.3 Å². The third kappa shape index (κ3) is 4.34. The molecular weight excluding hydrogens is 280 g/mol. The SMILES string of the molecule is COc1cc(/C=C/C(=O)Nc2cc(C)ccn2)cc(OC)c1. The van der Waals surface area contributed by atoms with Gasteiger partial charge in [-0.3, -0.25) is 4.79 Å². The minimum absolute atomic E-state index is 0.250. The summed E-state index contributed by atoms with van der Waals surface area (Å²) in [4.78, 5) is 16.0. The number of rotatable bonds is 5. The number of anilines is 1. The van der Waals surface area contributed by atoms with Crippen LogP contribution in [0, 0.1) is 6.92 Å². The first-order chi connectivity index (χ1) is 10.6. The Kier molecular flexibility index (Phi) is 5.14. The highest BCUT2D eigenvalue weighted by molar-refractivity contribution is 6.01. The molecule has 1 heterocycles. The number of aromatic nitrogens is 1. The molecule has 0 spiro atoms. The maximum absolute atomic E-state index is 11.9. The van der Waals surface area contributed by atoms with E-state index < -0.39 is 0 Å². The van der Waals surface area contributed by atoms with Gasteiger partial charge in [0.15, 0.2) is 0 Å². The fourth-order valence-electron chi connectivity index (χ4n) is 1.87. The number of amides is 1. The smallest absolute Gasteiger partial charge is 0.249 e. The summed E-state index contributed by atoms with van der Waals surface area (Å²) in [5, 5.41) is 2.71. The molecule has 0 saturated carbocycles. The van der Waals surface area contributed by atoms with Gasteiger partial charge in [0.25, 0.3) is 0 Å². The lowest BCUT2D eigenvalue weighted by Gasteiger charge is -2.06. The number of hydrogen-bond acceptors (Lipinski definition) is 4. The number of carbonyl (C=O) groups is 1. The van der Waals surface area contributed by atoms with Gasteiger partial charge in [0.05, 0.1) is 14.2 Å². The zero-order valence-corrected chi connectivity index (χ0v) is 12.8. The number of nitrogens with zero attached hydrogens (tertiary/aromatic N) is 1. The Morgan fingerprint density at radius 2 is 1.82 bits per heavy atom. The minimum Gasteiger partial charge on any atom is -0.497 e. The van der Waals surface area contributed by atoms with E-state index in [1.165, 1.54) is 6.08 Å². The molecule has 1 amide bonds. The summed E-state index contributed by atoms with van der Waals surface area (Å²) in [5.41, 5.74) is 1.84. The number of ether oxygens (including phenoxy) is 2. The Balaban J connectivity index is 2.09. The maximum Gasteiger partial charge on any atom is 0.249 e. The largest absolute Gasteiger partial charge is 0.497 e. The third-order valence-electron chi connectivity index (χ3n) is 2.97. The number of hydrogen-bond donors (Lipinski definition) is 1. The Morgan fingerprint density at radius 1 is 1.14 bits per heavy atom. The second-order valence-corrected chi connectivity index (χ2v) is 4.69. The van der Waals surface area contributed by atoms with E-state index in [-0.39, 0.29) is 5.91 Å². The normalized spacial score (nSPS) is 10.5. The number of benzene rings is 1. The van der Waals surface area contributed by atoms with E-state index in [9.17, 15) is 4.79 Å². The second-order valence-electron chi connectivity index (χ2n) is 4.69. The van der Waals surface area contributed by atoms with Crippen molar-refractivity contribution < 1.29 is 14.3 Å². The van der Waals surface area contributed by atoms with Crippen molar-refractivity contribution in [1.29, 1.82) is 0 Å². The summed E-state index contributed by atoms with van der Waals surface area (Å²) in [6.45, 7) is 1.94. The molecule has 0 aliphatic heterocycles. The van der Waals surface area contributed by atoms with Gasteiger partial charge >= 0.3 is 0 Å². The van der Waals surface area contributed by atoms with Gasteiger partial charge in [-0.2, -0.15) is 0 Å². The average molecular weight is 298 g/mol. The molecule has 0 aliphatic carbocycles. The zero-order valence-electron chi connectivity index (χ0n) is 12.8. The maximum atomic E-state index is 11.9. The van der Waals surface area contributed by atoms with Crippen molar-refractivity contribution in [3.63, 3.8) is 0 Å². The van der Waals surface area contributed by atoms with Gasteiger partial charge in [-0.1, -0.05) is 0 Å². The molecule has 1 aromatic heterocycles. The number of aryl methyl sites for hydroxylation is 1. The van der Waals surface area contributed by atoms with Crippen molar-refractivity contribution in [3.05, 3.63) is 53.7 Å². The van der Waals surface area contributed by atoms with E-state index in [0.717, 1.165) is 11.1 Å². The Hall–Kier alpha value is -2.82. The van der Waals surface area contributed by atoms with Gasteiger partial charge in [-0.05, 0) is 48.4 Å². The van der Waals surface area contributed by atoms with Crippen molar-refractivity contribution in [2.75, 3.05) is 19.5 Å². The van der Waals surface area contributed by atoms with Gasteiger partial charge in [0.2, 0.25) is 5.91 Å². The second kappa shape index (κ2) is 7.26. The first kappa shape index (κ1) is 15.6. The summed E-state index contributed by atoms with van der Waals surface area (Å²) in [5.74, 6) is 1.61. The molecule has 2 rings (SSSR count).